The topological polar surface area (TPSA) is 78.9 Å². The Labute approximate surface area is 156 Å². The molecule has 1 aliphatic rings. The molecule has 2 aromatic rings. The number of anilines is 1. The first-order valence-corrected chi connectivity index (χ1v) is 9.07. The van der Waals surface area contributed by atoms with Crippen molar-refractivity contribution in [1.29, 1.82) is 0 Å². The molecule has 6 nitrogen and oxygen atoms in total. The number of nitrogens with zero attached hydrogens (tertiary/aromatic N) is 1. The average molecular weight is 372 g/mol. The molecule has 0 unspecified atom stereocenters. The van der Waals surface area contributed by atoms with Crippen LogP contribution in [0, 0.1) is 0 Å². The fourth-order valence-corrected chi connectivity index (χ4v) is 3.72. The molecule has 0 saturated carbocycles. The summed E-state index contributed by atoms with van der Waals surface area (Å²) in [6.45, 7) is 2.10. The van der Waals surface area contributed by atoms with Crippen molar-refractivity contribution in [3.05, 3.63) is 54.1 Å². The lowest BCUT2D eigenvalue weighted by molar-refractivity contribution is -0.119. The molecule has 1 atom stereocenters. The second-order valence-electron chi connectivity index (χ2n) is 5.93. The molecule has 1 fully saturated rings. The van der Waals surface area contributed by atoms with Gasteiger partial charge in [-0.25, -0.2) is 4.79 Å². The SMILES string of the molecule is CC(=O)NC[C@H]1CN(c2ccccc2Sc2cccc(CO)c2)C(=O)O1. The third kappa shape index (κ3) is 4.36. The van der Waals surface area contributed by atoms with E-state index in [9.17, 15) is 14.7 Å². The number of cyclic esters (lactones) is 1. The van der Waals surface area contributed by atoms with Crippen LogP contribution in [-0.2, 0) is 16.1 Å². The molecular weight excluding hydrogens is 352 g/mol. The van der Waals surface area contributed by atoms with Crippen molar-refractivity contribution < 1.29 is 19.4 Å². The van der Waals surface area contributed by atoms with Gasteiger partial charge in [-0.1, -0.05) is 36.0 Å². The number of rotatable bonds is 6. The number of aliphatic hydroxyl groups is 1. The summed E-state index contributed by atoms with van der Waals surface area (Å²) < 4.78 is 5.35. The van der Waals surface area contributed by atoms with Crippen molar-refractivity contribution in [2.24, 2.45) is 0 Å². The van der Waals surface area contributed by atoms with Crippen LogP contribution in [-0.4, -0.2) is 36.3 Å². The Hall–Kier alpha value is -2.51. The number of amides is 2. The summed E-state index contributed by atoms with van der Waals surface area (Å²) in [6.07, 6.45) is -0.792. The normalized spacial score (nSPS) is 16.5. The summed E-state index contributed by atoms with van der Waals surface area (Å²) in [5.41, 5.74) is 1.60. The predicted molar refractivity (Wildman–Crippen MR) is 99.2 cm³/mol. The molecule has 2 aromatic carbocycles. The summed E-state index contributed by atoms with van der Waals surface area (Å²) in [5, 5.41) is 12.0. The van der Waals surface area contributed by atoms with Gasteiger partial charge in [0.05, 0.1) is 25.4 Å². The van der Waals surface area contributed by atoms with Gasteiger partial charge in [-0.2, -0.15) is 0 Å². The molecule has 0 aliphatic carbocycles. The minimum atomic E-state index is -0.419. The lowest BCUT2D eigenvalue weighted by atomic mass is 10.2. The average Bonchev–Trinajstić information content (AvgIpc) is 3.01. The van der Waals surface area contributed by atoms with Crippen molar-refractivity contribution in [2.75, 3.05) is 18.0 Å². The lowest BCUT2D eigenvalue weighted by Gasteiger charge is -2.17. The van der Waals surface area contributed by atoms with E-state index >= 15 is 0 Å². The molecule has 2 N–H and O–H groups in total. The lowest BCUT2D eigenvalue weighted by Crippen LogP contribution is -2.33. The molecular formula is C19H20N2O4S. The van der Waals surface area contributed by atoms with E-state index in [1.165, 1.54) is 18.7 Å². The van der Waals surface area contributed by atoms with E-state index in [2.05, 4.69) is 5.32 Å². The first kappa shape index (κ1) is 18.3. The van der Waals surface area contributed by atoms with Gasteiger partial charge in [0.25, 0.3) is 0 Å². The maximum absolute atomic E-state index is 12.3. The largest absolute Gasteiger partial charge is 0.442 e. The van der Waals surface area contributed by atoms with Crippen molar-refractivity contribution in [3.63, 3.8) is 0 Å². The zero-order valence-electron chi connectivity index (χ0n) is 14.3. The number of benzene rings is 2. The molecule has 26 heavy (non-hydrogen) atoms. The third-order valence-electron chi connectivity index (χ3n) is 3.92. The van der Waals surface area contributed by atoms with E-state index in [4.69, 9.17) is 4.74 Å². The van der Waals surface area contributed by atoms with Crippen LogP contribution in [0.4, 0.5) is 10.5 Å². The highest BCUT2D eigenvalue weighted by atomic mass is 32.2. The number of nitrogens with one attached hydrogen (secondary N) is 1. The third-order valence-corrected chi connectivity index (χ3v) is 4.97. The van der Waals surface area contributed by atoms with E-state index in [0.29, 0.717) is 13.1 Å². The Balaban J connectivity index is 1.78. The van der Waals surface area contributed by atoms with Crippen molar-refractivity contribution in [3.8, 4) is 0 Å². The minimum absolute atomic E-state index is 0.0146. The maximum atomic E-state index is 12.3. The molecule has 0 radical (unpaired) electrons. The summed E-state index contributed by atoms with van der Waals surface area (Å²) in [7, 11) is 0. The molecule has 0 spiro atoms. The van der Waals surface area contributed by atoms with Gasteiger partial charge in [0.1, 0.15) is 6.10 Å². The molecule has 2 amide bonds. The van der Waals surface area contributed by atoms with E-state index in [-0.39, 0.29) is 18.6 Å². The highest BCUT2D eigenvalue weighted by molar-refractivity contribution is 7.99. The van der Waals surface area contributed by atoms with Crippen molar-refractivity contribution in [1.82, 2.24) is 5.32 Å². The summed E-state index contributed by atoms with van der Waals surface area (Å²) in [6, 6.07) is 15.2. The van der Waals surface area contributed by atoms with Gasteiger partial charge < -0.3 is 15.2 Å². The number of ether oxygens (including phenoxy) is 1. The fourth-order valence-electron chi connectivity index (χ4n) is 2.68. The van der Waals surface area contributed by atoms with Crippen LogP contribution in [0.3, 0.4) is 0 Å². The van der Waals surface area contributed by atoms with Gasteiger partial charge in [0.15, 0.2) is 0 Å². The summed E-state index contributed by atoms with van der Waals surface area (Å²) in [4.78, 5) is 26.8. The monoisotopic (exact) mass is 372 g/mol. The van der Waals surface area contributed by atoms with Gasteiger partial charge in [0.2, 0.25) is 5.91 Å². The van der Waals surface area contributed by atoms with Crippen LogP contribution < -0.4 is 10.2 Å². The van der Waals surface area contributed by atoms with Crippen LogP contribution in [0.25, 0.3) is 0 Å². The number of hydrogen-bond acceptors (Lipinski definition) is 5. The molecule has 136 valence electrons. The Morgan fingerprint density at radius 3 is 2.88 bits per heavy atom. The summed E-state index contributed by atoms with van der Waals surface area (Å²) >= 11 is 1.52. The molecule has 0 aromatic heterocycles. The quantitative estimate of drug-likeness (QED) is 0.815. The van der Waals surface area contributed by atoms with Crippen LogP contribution in [0.2, 0.25) is 0 Å². The van der Waals surface area contributed by atoms with Gasteiger partial charge in [-0.05, 0) is 29.8 Å². The Bertz CT molecular complexity index is 812. The molecule has 7 heteroatoms. The zero-order valence-corrected chi connectivity index (χ0v) is 15.2. The maximum Gasteiger partial charge on any atom is 0.414 e. The highest BCUT2D eigenvalue weighted by Gasteiger charge is 2.33. The number of carbonyl (C=O) groups is 2. The van der Waals surface area contributed by atoms with Gasteiger partial charge in [-0.3, -0.25) is 9.69 Å². The molecule has 1 heterocycles. The minimum Gasteiger partial charge on any atom is -0.442 e. The Morgan fingerprint density at radius 1 is 1.31 bits per heavy atom. The molecule has 3 rings (SSSR count). The molecule has 1 saturated heterocycles. The summed E-state index contributed by atoms with van der Waals surface area (Å²) in [5.74, 6) is -0.154. The number of aliphatic hydroxyl groups excluding tert-OH is 1. The highest BCUT2D eigenvalue weighted by Crippen LogP contribution is 2.37. The Morgan fingerprint density at radius 2 is 2.12 bits per heavy atom. The molecule has 0 bridgehead atoms. The van der Waals surface area contributed by atoms with E-state index < -0.39 is 6.09 Å². The standard InChI is InChI=1S/C19H20N2O4S/c1-13(23)20-10-15-11-21(19(24)25-15)17-7-2-3-8-18(17)26-16-6-4-5-14(9-16)12-22/h2-9,15,22H,10-12H2,1H3,(H,20,23)/t15-/m0/s1. The first-order chi connectivity index (χ1) is 12.6. The smallest absolute Gasteiger partial charge is 0.414 e. The van der Waals surface area contributed by atoms with Gasteiger partial charge >= 0.3 is 6.09 Å². The van der Waals surface area contributed by atoms with E-state index in [0.717, 1.165) is 21.0 Å². The van der Waals surface area contributed by atoms with Crippen LogP contribution in [0.15, 0.2) is 58.3 Å². The number of para-hydroxylation sites is 1. The zero-order chi connectivity index (χ0) is 18.5. The van der Waals surface area contributed by atoms with Gasteiger partial charge in [-0.15, -0.1) is 0 Å². The number of carbonyl (C=O) groups excluding carboxylic acids is 2. The second kappa shape index (κ2) is 8.25. The van der Waals surface area contributed by atoms with Gasteiger partial charge in [0, 0.05) is 16.7 Å². The van der Waals surface area contributed by atoms with Crippen molar-refractivity contribution in [2.45, 2.75) is 29.4 Å². The van der Waals surface area contributed by atoms with Crippen LogP contribution in [0.1, 0.15) is 12.5 Å². The Kier molecular flexibility index (Phi) is 5.80. The van der Waals surface area contributed by atoms with Crippen LogP contribution in [0.5, 0.6) is 0 Å². The number of hydrogen-bond donors (Lipinski definition) is 2. The second-order valence-corrected chi connectivity index (χ2v) is 7.04. The fraction of sp³-hybridized carbons (Fsp3) is 0.263. The van der Waals surface area contributed by atoms with Crippen LogP contribution >= 0.6 is 11.8 Å². The van der Waals surface area contributed by atoms with Crippen molar-refractivity contribution >= 4 is 29.4 Å². The molecule has 1 aliphatic heterocycles. The first-order valence-electron chi connectivity index (χ1n) is 8.26. The predicted octanol–water partition coefficient (Wildman–Crippen LogP) is 2.79. The van der Waals surface area contributed by atoms with E-state index in [1.54, 1.807) is 4.90 Å². The van der Waals surface area contributed by atoms with E-state index in [1.807, 2.05) is 48.5 Å².